The molecule has 0 fully saturated rings. The lowest BCUT2D eigenvalue weighted by molar-refractivity contribution is -0.137. The maximum atomic E-state index is 10.5. The summed E-state index contributed by atoms with van der Waals surface area (Å²) < 4.78 is 7.99. The number of aromatic nitrogens is 2. The van der Waals surface area contributed by atoms with Crippen LogP contribution >= 0.6 is 0 Å². The van der Waals surface area contributed by atoms with Gasteiger partial charge in [-0.05, 0) is 31.4 Å². The van der Waals surface area contributed by atoms with Gasteiger partial charge in [-0.15, -0.1) is 6.58 Å². The quantitative estimate of drug-likeness (QED) is 0.410. The van der Waals surface area contributed by atoms with Gasteiger partial charge in [-0.25, -0.2) is 4.98 Å². The second-order valence-electron chi connectivity index (χ2n) is 6.40. The molecule has 0 aliphatic heterocycles. The van der Waals surface area contributed by atoms with E-state index in [0.29, 0.717) is 19.6 Å². The van der Waals surface area contributed by atoms with Crippen molar-refractivity contribution in [2.24, 2.45) is 0 Å². The van der Waals surface area contributed by atoms with Gasteiger partial charge in [0.05, 0.1) is 17.6 Å². The summed E-state index contributed by atoms with van der Waals surface area (Å²) in [6, 6.07) is 16.0. The van der Waals surface area contributed by atoms with Crippen LogP contribution in [0.4, 0.5) is 0 Å². The largest absolute Gasteiger partial charge is 0.494 e. The van der Waals surface area contributed by atoms with E-state index >= 15 is 0 Å². The number of unbranched alkanes of at least 4 members (excludes halogenated alkanes) is 2. The van der Waals surface area contributed by atoms with Crippen LogP contribution in [-0.4, -0.2) is 27.2 Å². The van der Waals surface area contributed by atoms with Gasteiger partial charge in [-0.3, -0.25) is 4.79 Å². The van der Waals surface area contributed by atoms with Crippen LogP contribution in [0.25, 0.3) is 22.4 Å². The number of benzene rings is 2. The second-order valence-corrected chi connectivity index (χ2v) is 6.40. The summed E-state index contributed by atoms with van der Waals surface area (Å²) in [4.78, 5) is 15.3. The van der Waals surface area contributed by atoms with Gasteiger partial charge in [0.1, 0.15) is 11.6 Å². The molecule has 3 rings (SSSR count). The minimum Gasteiger partial charge on any atom is -0.494 e. The molecule has 0 saturated heterocycles. The Morgan fingerprint density at radius 3 is 2.70 bits per heavy atom. The van der Waals surface area contributed by atoms with Crippen molar-refractivity contribution < 1.29 is 14.6 Å². The van der Waals surface area contributed by atoms with Crippen LogP contribution < -0.4 is 4.74 Å². The third-order valence-corrected chi connectivity index (χ3v) is 4.37. The van der Waals surface area contributed by atoms with Gasteiger partial charge >= 0.3 is 5.97 Å². The predicted octanol–water partition coefficient (Wildman–Crippen LogP) is 4.91. The molecular weight excluding hydrogens is 340 g/mol. The highest BCUT2D eigenvalue weighted by Crippen LogP contribution is 2.27. The number of hydrogen-bond acceptors (Lipinski definition) is 3. The van der Waals surface area contributed by atoms with Gasteiger partial charge in [-0.2, -0.15) is 0 Å². The lowest BCUT2D eigenvalue weighted by Gasteiger charge is -2.08. The number of rotatable bonds is 10. The highest BCUT2D eigenvalue weighted by atomic mass is 16.5. The van der Waals surface area contributed by atoms with Crippen molar-refractivity contribution in [3.63, 3.8) is 0 Å². The smallest absolute Gasteiger partial charge is 0.303 e. The van der Waals surface area contributed by atoms with Crippen LogP contribution in [0.15, 0.2) is 61.2 Å². The fraction of sp³-hybridized carbons (Fsp3) is 0.273. The van der Waals surface area contributed by atoms with Gasteiger partial charge < -0.3 is 14.4 Å². The first-order valence-electron chi connectivity index (χ1n) is 9.20. The Bertz CT molecular complexity index is 916. The summed E-state index contributed by atoms with van der Waals surface area (Å²) in [5.74, 6) is 0.966. The number of carboxylic acid groups (broad SMARTS) is 1. The molecule has 5 heteroatoms. The number of hydrogen-bond donors (Lipinski definition) is 1. The van der Waals surface area contributed by atoms with E-state index in [4.69, 9.17) is 14.8 Å². The maximum absolute atomic E-state index is 10.5. The zero-order chi connectivity index (χ0) is 19.1. The van der Waals surface area contributed by atoms with Crippen LogP contribution in [-0.2, 0) is 11.3 Å². The monoisotopic (exact) mass is 364 g/mol. The number of fused-ring (bicyclic) bond motifs is 1. The van der Waals surface area contributed by atoms with Crippen molar-refractivity contribution in [2.45, 2.75) is 32.2 Å². The summed E-state index contributed by atoms with van der Waals surface area (Å²) in [5, 5.41) is 8.66. The summed E-state index contributed by atoms with van der Waals surface area (Å²) in [6.45, 7) is 5.11. The maximum Gasteiger partial charge on any atom is 0.303 e. The Labute approximate surface area is 158 Å². The molecule has 3 aromatic rings. The first-order chi connectivity index (χ1) is 13.2. The number of ether oxygens (including phenoxy) is 1. The molecule has 1 aromatic heterocycles. The van der Waals surface area contributed by atoms with E-state index in [0.717, 1.165) is 41.0 Å². The molecule has 0 radical (unpaired) electrons. The molecule has 140 valence electrons. The molecule has 2 aromatic carbocycles. The number of aliphatic carboxylic acids is 1. The first kappa shape index (κ1) is 18.7. The summed E-state index contributed by atoms with van der Waals surface area (Å²) in [6.07, 6.45) is 4.45. The van der Waals surface area contributed by atoms with Gasteiger partial charge in [0.2, 0.25) is 0 Å². The van der Waals surface area contributed by atoms with E-state index in [2.05, 4.69) is 23.3 Å². The van der Waals surface area contributed by atoms with E-state index in [1.54, 1.807) is 0 Å². The van der Waals surface area contributed by atoms with Crippen molar-refractivity contribution in [1.29, 1.82) is 0 Å². The summed E-state index contributed by atoms with van der Waals surface area (Å²) in [7, 11) is 0. The average Bonchev–Trinajstić information content (AvgIpc) is 3.03. The number of nitrogens with zero attached hydrogens (tertiary/aromatic N) is 2. The minimum atomic E-state index is -0.744. The average molecular weight is 364 g/mol. The number of carbonyl (C=O) groups is 1. The van der Waals surface area contributed by atoms with E-state index in [1.807, 2.05) is 42.5 Å². The molecule has 0 amide bonds. The van der Waals surface area contributed by atoms with Crippen LogP contribution in [0.5, 0.6) is 5.75 Å². The Morgan fingerprint density at radius 2 is 1.96 bits per heavy atom. The summed E-state index contributed by atoms with van der Waals surface area (Å²) >= 11 is 0. The van der Waals surface area contributed by atoms with Crippen molar-refractivity contribution >= 4 is 17.0 Å². The molecule has 0 spiro atoms. The van der Waals surface area contributed by atoms with Crippen molar-refractivity contribution in [2.75, 3.05) is 6.61 Å². The fourth-order valence-corrected chi connectivity index (χ4v) is 3.06. The zero-order valence-electron chi connectivity index (χ0n) is 15.3. The number of imidazole rings is 1. The SMILES string of the molecule is C=CCn1c(-c2ccccc2)nc2ccc(OCCCCCC(=O)O)cc21. The van der Waals surface area contributed by atoms with E-state index in [1.165, 1.54) is 0 Å². The van der Waals surface area contributed by atoms with Gasteiger partial charge in [0, 0.05) is 24.6 Å². The lowest BCUT2D eigenvalue weighted by Crippen LogP contribution is -2.00. The standard InChI is InChI=1S/C22H24N2O3/c1-2-14-24-20-16-18(27-15-8-4-7-11-21(25)26)12-13-19(20)23-22(24)17-9-5-3-6-10-17/h2-3,5-6,9-10,12-13,16H,1,4,7-8,11,14-15H2,(H,25,26). The number of carboxylic acids is 1. The molecule has 0 bridgehead atoms. The highest BCUT2D eigenvalue weighted by molar-refractivity contribution is 5.82. The van der Waals surface area contributed by atoms with E-state index in [9.17, 15) is 4.79 Å². The van der Waals surface area contributed by atoms with E-state index < -0.39 is 5.97 Å². The molecule has 0 aliphatic rings. The van der Waals surface area contributed by atoms with Gasteiger partial charge in [0.25, 0.3) is 0 Å². The third kappa shape index (κ3) is 4.76. The predicted molar refractivity (Wildman–Crippen MR) is 107 cm³/mol. The lowest BCUT2D eigenvalue weighted by atomic mass is 10.2. The Hall–Kier alpha value is -3.08. The van der Waals surface area contributed by atoms with Crippen LogP contribution in [0.3, 0.4) is 0 Å². The second kappa shape index (κ2) is 9.03. The molecular formula is C22H24N2O3. The van der Waals surface area contributed by atoms with Crippen molar-refractivity contribution in [1.82, 2.24) is 9.55 Å². The molecule has 27 heavy (non-hydrogen) atoms. The van der Waals surface area contributed by atoms with Gasteiger partial charge in [0.15, 0.2) is 0 Å². The molecule has 5 nitrogen and oxygen atoms in total. The molecule has 0 unspecified atom stereocenters. The topological polar surface area (TPSA) is 64.4 Å². The Balaban J connectivity index is 1.75. The van der Waals surface area contributed by atoms with Crippen LogP contribution in [0.2, 0.25) is 0 Å². The van der Waals surface area contributed by atoms with Crippen molar-refractivity contribution in [3.05, 3.63) is 61.2 Å². The zero-order valence-corrected chi connectivity index (χ0v) is 15.3. The molecule has 0 aliphatic carbocycles. The highest BCUT2D eigenvalue weighted by Gasteiger charge is 2.12. The molecule has 1 N–H and O–H groups in total. The van der Waals surface area contributed by atoms with Crippen molar-refractivity contribution in [3.8, 4) is 17.1 Å². The molecule has 0 saturated carbocycles. The minimum absolute atomic E-state index is 0.217. The Kier molecular flexibility index (Phi) is 6.26. The number of allylic oxidation sites excluding steroid dienone is 1. The summed E-state index contributed by atoms with van der Waals surface area (Å²) in [5.41, 5.74) is 3.00. The molecule has 1 heterocycles. The normalized spacial score (nSPS) is 10.8. The van der Waals surface area contributed by atoms with E-state index in [-0.39, 0.29) is 6.42 Å². The first-order valence-corrected chi connectivity index (χ1v) is 9.20. The Morgan fingerprint density at radius 1 is 1.15 bits per heavy atom. The molecule has 0 atom stereocenters. The van der Waals surface area contributed by atoms with Gasteiger partial charge in [-0.1, -0.05) is 36.4 Å². The third-order valence-electron chi connectivity index (χ3n) is 4.37. The fourth-order valence-electron chi connectivity index (χ4n) is 3.06. The van der Waals surface area contributed by atoms with Crippen LogP contribution in [0, 0.1) is 0 Å². The van der Waals surface area contributed by atoms with Crippen LogP contribution in [0.1, 0.15) is 25.7 Å².